The highest BCUT2D eigenvalue weighted by Crippen LogP contribution is 2.45. The maximum Gasteiger partial charge on any atom is 0.459 e. The summed E-state index contributed by atoms with van der Waals surface area (Å²) < 4.78 is 37.0. The van der Waals surface area contributed by atoms with Gasteiger partial charge in [-0.25, -0.2) is 9.36 Å². The van der Waals surface area contributed by atoms with E-state index in [0.29, 0.717) is 0 Å². The maximum atomic E-state index is 13.7. The number of nitrogens with two attached hydrogens (primary N) is 1. The normalized spacial score (nSPS) is 15.8. The number of carbonyl (C=O) groups is 1. The minimum absolute atomic E-state index is 0.0275. The zero-order chi connectivity index (χ0) is 29.0. The number of ether oxygens (including phenoxy) is 2. The number of rotatable bonds is 16. The van der Waals surface area contributed by atoms with Gasteiger partial charge >= 0.3 is 19.4 Å². The monoisotopic (exact) mass is 567 g/mol. The summed E-state index contributed by atoms with van der Waals surface area (Å²) in [5, 5.41) is 16.4. The summed E-state index contributed by atoms with van der Waals surface area (Å²) >= 11 is 0. The van der Waals surface area contributed by atoms with Crippen molar-refractivity contribution < 1.29 is 33.0 Å². The quantitative estimate of drug-likeness (QED) is 0.0881. The average Bonchev–Trinajstić information content (AvgIpc) is 2.87. The standard InChI is InChI=1S/C23H34N7O8P/c1-15(2)13-35-22(32)16(3)28-39(34,38-18-8-6-5-7-9-18)36-14-19(17(4)31)37-21(12-26-29-25)30-11-10-20(24)27-23(30)33/h5-11,15-17,19,21,31H,12-14H2,1-4H3,(H,28,34)(H2,24,27,33)/t16-,17?,19+,21-,39?/m0/s1. The lowest BCUT2D eigenvalue weighted by Gasteiger charge is -2.29. The Hall–Kier alpha value is -3.45. The number of anilines is 1. The van der Waals surface area contributed by atoms with Crippen LogP contribution in [0, 0.1) is 5.92 Å². The Bertz CT molecular complexity index is 1220. The number of aliphatic hydroxyl groups is 1. The first-order valence-electron chi connectivity index (χ1n) is 12.1. The molecule has 1 aromatic heterocycles. The molecular formula is C23H34N7O8P. The molecule has 2 aromatic rings. The molecule has 2 rings (SSSR count). The van der Waals surface area contributed by atoms with Crippen LogP contribution < -0.4 is 21.0 Å². The number of carbonyl (C=O) groups excluding carboxylic acids is 1. The molecule has 0 amide bonds. The van der Waals surface area contributed by atoms with E-state index >= 15 is 0 Å². The molecule has 2 unspecified atom stereocenters. The molecule has 5 atom stereocenters. The first-order chi connectivity index (χ1) is 18.4. The Kier molecular flexibility index (Phi) is 12.4. The van der Waals surface area contributed by atoms with Gasteiger partial charge < -0.3 is 24.8 Å². The summed E-state index contributed by atoms with van der Waals surface area (Å²) in [6.45, 7) is 5.86. The predicted molar refractivity (Wildman–Crippen MR) is 142 cm³/mol. The van der Waals surface area contributed by atoms with E-state index in [1.54, 1.807) is 30.3 Å². The third-order valence-electron chi connectivity index (χ3n) is 4.97. The molecule has 1 heterocycles. The number of nitrogen functional groups attached to an aromatic ring is 1. The van der Waals surface area contributed by atoms with Crippen LogP contribution in [0.5, 0.6) is 5.75 Å². The Morgan fingerprint density at radius 2 is 1.92 bits per heavy atom. The van der Waals surface area contributed by atoms with Crippen molar-refractivity contribution >= 4 is 19.5 Å². The number of nitrogens with one attached hydrogen (secondary N) is 1. The largest absolute Gasteiger partial charge is 0.464 e. The fourth-order valence-corrected chi connectivity index (χ4v) is 4.49. The van der Waals surface area contributed by atoms with Crippen molar-refractivity contribution in [2.24, 2.45) is 11.0 Å². The lowest BCUT2D eigenvalue weighted by Crippen LogP contribution is -2.40. The van der Waals surface area contributed by atoms with E-state index in [0.717, 1.165) is 4.57 Å². The highest BCUT2D eigenvalue weighted by atomic mass is 31.2. The summed E-state index contributed by atoms with van der Waals surface area (Å²) in [7, 11) is -4.27. The third-order valence-corrected chi connectivity index (χ3v) is 6.62. The Morgan fingerprint density at radius 3 is 2.51 bits per heavy atom. The molecule has 0 radical (unpaired) electrons. The van der Waals surface area contributed by atoms with Gasteiger partial charge in [0.1, 0.15) is 29.9 Å². The number of nitrogens with zero attached hydrogens (tertiary/aromatic N) is 5. The number of benzene rings is 1. The molecule has 0 saturated carbocycles. The smallest absolute Gasteiger partial charge is 0.459 e. The van der Waals surface area contributed by atoms with Gasteiger partial charge in [0.2, 0.25) is 0 Å². The topological polar surface area (TPSA) is 213 Å². The summed E-state index contributed by atoms with van der Waals surface area (Å²) in [5.41, 5.74) is 13.5. The number of aromatic nitrogens is 2. The predicted octanol–water partition coefficient (Wildman–Crippen LogP) is 2.78. The molecule has 0 spiro atoms. The van der Waals surface area contributed by atoms with Crippen molar-refractivity contribution in [2.75, 3.05) is 25.5 Å². The van der Waals surface area contributed by atoms with Crippen molar-refractivity contribution in [3.63, 3.8) is 0 Å². The second-order valence-corrected chi connectivity index (χ2v) is 10.6. The first-order valence-corrected chi connectivity index (χ1v) is 13.6. The molecular weight excluding hydrogens is 533 g/mol. The van der Waals surface area contributed by atoms with Crippen LogP contribution >= 0.6 is 7.75 Å². The van der Waals surface area contributed by atoms with E-state index in [4.69, 9.17) is 29.8 Å². The van der Waals surface area contributed by atoms with Crippen LogP contribution in [0.25, 0.3) is 10.4 Å². The lowest BCUT2D eigenvalue weighted by atomic mass is 10.2. The fraction of sp³-hybridized carbons (Fsp3) is 0.522. The van der Waals surface area contributed by atoms with Gasteiger partial charge in [0.05, 0.1) is 25.9 Å². The number of aliphatic hydroxyl groups excluding tert-OH is 1. The van der Waals surface area contributed by atoms with Crippen LogP contribution in [0.1, 0.15) is 33.9 Å². The number of esters is 1. The highest BCUT2D eigenvalue weighted by Gasteiger charge is 2.35. The van der Waals surface area contributed by atoms with Crippen molar-refractivity contribution in [3.8, 4) is 5.75 Å². The Morgan fingerprint density at radius 1 is 1.23 bits per heavy atom. The Labute approximate surface area is 225 Å². The van der Waals surface area contributed by atoms with Gasteiger partial charge in [0, 0.05) is 11.1 Å². The van der Waals surface area contributed by atoms with Crippen LogP contribution in [0.3, 0.4) is 0 Å². The summed E-state index contributed by atoms with van der Waals surface area (Å²) in [6.07, 6.45) is -2.34. The van der Waals surface area contributed by atoms with Gasteiger partial charge in [-0.1, -0.05) is 37.2 Å². The minimum Gasteiger partial charge on any atom is -0.464 e. The lowest BCUT2D eigenvalue weighted by molar-refractivity contribution is -0.146. The van der Waals surface area contributed by atoms with Crippen LogP contribution in [0.15, 0.2) is 52.5 Å². The summed E-state index contributed by atoms with van der Waals surface area (Å²) in [4.78, 5) is 31.1. The van der Waals surface area contributed by atoms with Crippen molar-refractivity contribution in [1.29, 1.82) is 0 Å². The fourth-order valence-electron chi connectivity index (χ4n) is 2.99. The second kappa shape index (κ2) is 15.2. The van der Waals surface area contributed by atoms with Crippen molar-refractivity contribution in [3.05, 3.63) is 63.5 Å². The Balaban J connectivity index is 2.26. The molecule has 0 aliphatic rings. The first kappa shape index (κ1) is 31.8. The molecule has 4 N–H and O–H groups in total. The maximum absolute atomic E-state index is 13.7. The van der Waals surface area contributed by atoms with Gasteiger partial charge in [0.15, 0.2) is 0 Å². The van der Waals surface area contributed by atoms with Crippen LogP contribution in [0.2, 0.25) is 0 Å². The van der Waals surface area contributed by atoms with Gasteiger partial charge in [-0.05, 0) is 43.5 Å². The average molecular weight is 568 g/mol. The number of hydrogen-bond acceptors (Lipinski definition) is 11. The molecule has 39 heavy (non-hydrogen) atoms. The minimum atomic E-state index is -4.27. The van der Waals surface area contributed by atoms with Gasteiger partial charge in [-0.15, -0.1) is 0 Å². The zero-order valence-corrected chi connectivity index (χ0v) is 23.0. The SMILES string of the molecule is CC(C)COC(=O)[C@H](C)NP(=O)(OC[C@@H](O[C@@H](CN=[N+]=[N-])n1ccc(N)nc1=O)C(C)O)Oc1ccccc1. The van der Waals surface area contributed by atoms with E-state index in [2.05, 4.69) is 20.1 Å². The number of hydrogen-bond donors (Lipinski definition) is 3. The molecule has 1 aromatic carbocycles. The molecule has 0 fully saturated rings. The number of para-hydroxylation sites is 1. The molecule has 214 valence electrons. The zero-order valence-electron chi connectivity index (χ0n) is 22.1. The van der Waals surface area contributed by atoms with E-state index in [1.807, 2.05) is 13.8 Å². The molecule has 16 heteroatoms. The molecule has 0 aliphatic heterocycles. The van der Waals surface area contributed by atoms with Crippen molar-refractivity contribution in [2.45, 2.75) is 52.2 Å². The van der Waals surface area contributed by atoms with Gasteiger partial charge in [-0.3, -0.25) is 13.9 Å². The van der Waals surface area contributed by atoms with E-state index < -0.39 is 50.5 Å². The third kappa shape index (κ3) is 10.7. The van der Waals surface area contributed by atoms with Crippen molar-refractivity contribution in [1.82, 2.24) is 14.6 Å². The van der Waals surface area contributed by atoms with E-state index in [1.165, 1.54) is 26.1 Å². The summed E-state index contributed by atoms with van der Waals surface area (Å²) in [6, 6.07) is 8.37. The highest BCUT2D eigenvalue weighted by molar-refractivity contribution is 7.52. The van der Waals surface area contributed by atoms with Gasteiger partial charge in [0.25, 0.3) is 0 Å². The van der Waals surface area contributed by atoms with E-state index in [9.17, 15) is 19.3 Å². The van der Waals surface area contributed by atoms with Crippen LogP contribution in [-0.4, -0.2) is 58.6 Å². The second-order valence-electron chi connectivity index (χ2n) is 8.90. The summed E-state index contributed by atoms with van der Waals surface area (Å²) in [5.74, 6) is -0.417. The number of azide groups is 1. The van der Waals surface area contributed by atoms with Crippen LogP contribution in [0.4, 0.5) is 5.82 Å². The molecule has 0 aliphatic carbocycles. The van der Waals surface area contributed by atoms with Crippen LogP contribution in [-0.2, 0) is 23.4 Å². The van der Waals surface area contributed by atoms with E-state index in [-0.39, 0.29) is 30.6 Å². The molecule has 0 bridgehead atoms. The van der Waals surface area contributed by atoms with Gasteiger partial charge in [-0.2, -0.15) is 10.1 Å². The molecule has 15 nitrogen and oxygen atoms in total. The molecule has 0 saturated heterocycles.